The number of hydrogen-bond acceptors (Lipinski definition) is 5. The van der Waals surface area contributed by atoms with Gasteiger partial charge in [-0.15, -0.1) is 17.9 Å². The molecule has 0 unspecified atom stereocenters. The van der Waals surface area contributed by atoms with E-state index >= 15 is 0 Å². The predicted molar refractivity (Wildman–Crippen MR) is 107 cm³/mol. The second kappa shape index (κ2) is 10.3. The van der Waals surface area contributed by atoms with Crippen LogP contribution in [-0.2, 0) is 0 Å². The van der Waals surface area contributed by atoms with Crippen LogP contribution in [0.2, 0.25) is 0 Å². The van der Waals surface area contributed by atoms with Crippen molar-refractivity contribution >= 4 is 33.3 Å². The van der Waals surface area contributed by atoms with E-state index in [1.807, 2.05) is 6.08 Å². The highest BCUT2D eigenvalue weighted by Gasteiger charge is 2.11. The number of nitrogens with one attached hydrogen (secondary N) is 2. The summed E-state index contributed by atoms with van der Waals surface area (Å²) in [5.74, 6) is 1.63. The second-order valence-electron chi connectivity index (χ2n) is 6.21. The maximum atomic E-state index is 4.64. The van der Waals surface area contributed by atoms with Crippen molar-refractivity contribution in [2.24, 2.45) is 0 Å². The van der Waals surface area contributed by atoms with E-state index in [1.165, 1.54) is 50.5 Å². The molecule has 0 saturated heterocycles. The largest absolute Gasteiger partial charge is 0.369 e. The first kappa shape index (κ1) is 18.7. The van der Waals surface area contributed by atoms with Gasteiger partial charge in [-0.25, -0.2) is 4.98 Å². The molecule has 0 aromatic carbocycles. The highest BCUT2D eigenvalue weighted by molar-refractivity contribution is 7.18. The summed E-state index contributed by atoms with van der Waals surface area (Å²) in [7, 11) is 0. The van der Waals surface area contributed by atoms with Gasteiger partial charge < -0.3 is 10.6 Å². The molecule has 0 aliphatic heterocycles. The van der Waals surface area contributed by atoms with Crippen molar-refractivity contribution in [3.63, 3.8) is 0 Å². The van der Waals surface area contributed by atoms with Crippen molar-refractivity contribution in [1.82, 2.24) is 9.97 Å². The standard InChI is InChI=1S/C19H30N4S/c1-4-6-7-8-9-10-11-13-20-18-17-16(15(3)14-24-17)22-19(23-18)21-12-5-2/h5,14H,2,4,6-13H2,1,3H3,(H2,20,21,22,23). The number of aromatic nitrogens is 2. The van der Waals surface area contributed by atoms with Gasteiger partial charge in [0, 0.05) is 13.1 Å². The van der Waals surface area contributed by atoms with Crippen molar-refractivity contribution in [3.05, 3.63) is 23.6 Å². The molecule has 0 atom stereocenters. The van der Waals surface area contributed by atoms with Crippen molar-refractivity contribution in [3.8, 4) is 0 Å². The maximum absolute atomic E-state index is 4.64. The van der Waals surface area contributed by atoms with E-state index in [4.69, 9.17) is 0 Å². The van der Waals surface area contributed by atoms with Gasteiger partial charge in [-0.2, -0.15) is 4.98 Å². The Morgan fingerprint density at radius 2 is 1.83 bits per heavy atom. The normalized spacial score (nSPS) is 10.9. The highest BCUT2D eigenvalue weighted by Crippen LogP contribution is 2.30. The number of aryl methyl sites for hydroxylation is 1. The molecule has 4 nitrogen and oxygen atoms in total. The second-order valence-corrected chi connectivity index (χ2v) is 7.09. The molecule has 0 aliphatic rings. The maximum Gasteiger partial charge on any atom is 0.225 e. The number of rotatable bonds is 12. The van der Waals surface area contributed by atoms with Crippen LogP contribution in [0.5, 0.6) is 0 Å². The van der Waals surface area contributed by atoms with Gasteiger partial charge in [0.05, 0.1) is 10.2 Å². The Kier molecular flexibility index (Phi) is 8.02. The highest BCUT2D eigenvalue weighted by atomic mass is 32.1. The summed E-state index contributed by atoms with van der Waals surface area (Å²) in [6, 6.07) is 0. The predicted octanol–water partition coefficient (Wildman–Crippen LogP) is 5.76. The summed E-state index contributed by atoms with van der Waals surface area (Å²) >= 11 is 1.72. The lowest BCUT2D eigenvalue weighted by atomic mass is 10.1. The SMILES string of the molecule is C=CCNc1nc(NCCCCCCCCC)c2scc(C)c2n1. The van der Waals surface area contributed by atoms with Crippen molar-refractivity contribution < 1.29 is 0 Å². The summed E-state index contributed by atoms with van der Waals surface area (Å²) in [5.41, 5.74) is 2.25. The number of nitrogens with zero attached hydrogens (tertiary/aromatic N) is 2. The van der Waals surface area contributed by atoms with Gasteiger partial charge in [0.25, 0.3) is 0 Å². The molecule has 2 rings (SSSR count). The summed E-state index contributed by atoms with van der Waals surface area (Å²) < 4.78 is 1.15. The minimum Gasteiger partial charge on any atom is -0.369 e. The van der Waals surface area contributed by atoms with E-state index < -0.39 is 0 Å². The van der Waals surface area contributed by atoms with E-state index in [-0.39, 0.29) is 0 Å². The zero-order valence-electron chi connectivity index (χ0n) is 15.0. The molecule has 0 aliphatic carbocycles. The summed E-state index contributed by atoms with van der Waals surface area (Å²) in [6.45, 7) is 9.74. The first-order valence-electron chi connectivity index (χ1n) is 9.10. The van der Waals surface area contributed by atoms with Gasteiger partial charge in [0.15, 0.2) is 0 Å². The average Bonchev–Trinajstić information content (AvgIpc) is 2.96. The lowest BCUT2D eigenvalue weighted by Crippen LogP contribution is -2.08. The van der Waals surface area contributed by atoms with E-state index in [2.05, 4.69) is 46.4 Å². The minimum absolute atomic E-state index is 0.672. The lowest BCUT2D eigenvalue weighted by Gasteiger charge is -2.09. The van der Waals surface area contributed by atoms with Gasteiger partial charge in [0.1, 0.15) is 5.82 Å². The first-order chi connectivity index (χ1) is 11.8. The average molecular weight is 347 g/mol. The Morgan fingerprint density at radius 1 is 1.08 bits per heavy atom. The van der Waals surface area contributed by atoms with Crippen LogP contribution in [0.25, 0.3) is 10.2 Å². The third kappa shape index (κ3) is 5.48. The monoisotopic (exact) mass is 346 g/mol. The molecular formula is C19H30N4S. The van der Waals surface area contributed by atoms with Gasteiger partial charge in [-0.3, -0.25) is 0 Å². The van der Waals surface area contributed by atoms with Gasteiger partial charge in [-0.05, 0) is 24.3 Å². The van der Waals surface area contributed by atoms with E-state index in [1.54, 1.807) is 11.3 Å². The summed E-state index contributed by atoms with van der Waals surface area (Å²) in [6.07, 6.45) is 11.1. The van der Waals surface area contributed by atoms with E-state index in [9.17, 15) is 0 Å². The summed E-state index contributed by atoms with van der Waals surface area (Å²) in [5, 5.41) is 8.86. The fourth-order valence-corrected chi connectivity index (χ4v) is 3.64. The molecule has 0 spiro atoms. The van der Waals surface area contributed by atoms with Crippen LogP contribution in [-0.4, -0.2) is 23.1 Å². The number of unbranched alkanes of at least 4 members (excludes halogenated alkanes) is 6. The number of hydrogen-bond donors (Lipinski definition) is 2. The fraction of sp³-hybridized carbons (Fsp3) is 0.579. The molecule has 24 heavy (non-hydrogen) atoms. The van der Waals surface area contributed by atoms with Gasteiger partial charge in [-0.1, -0.05) is 51.5 Å². The Balaban J connectivity index is 1.89. The van der Waals surface area contributed by atoms with Crippen LogP contribution in [0, 0.1) is 6.92 Å². The molecule has 0 radical (unpaired) electrons. The van der Waals surface area contributed by atoms with E-state index in [0.717, 1.165) is 22.6 Å². The topological polar surface area (TPSA) is 49.8 Å². The van der Waals surface area contributed by atoms with Crippen LogP contribution in [0.15, 0.2) is 18.0 Å². The van der Waals surface area contributed by atoms with Gasteiger partial charge in [0.2, 0.25) is 5.95 Å². The smallest absolute Gasteiger partial charge is 0.225 e. The third-order valence-corrected chi connectivity index (χ3v) is 5.16. The number of fused-ring (bicyclic) bond motifs is 1. The molecule has 2 heterocycles. The lowest BCUT2D eigenvalue weighted by molar-refractivity contribution is 0.596. The van der Waals surface area contributed by atoms with Crippen molar-refractivity contribution in [2.75, 3.05) is 23.7 Å². The molecule has 0 fully saturated rings. The zero-order valence-corrected chi connectivity index (χ0v) is 15.8. The van der Waals surface area contributed by atoms with Crippen molar-refractivity contribution in [1.29, 1.82) is 0 Å². The molecule has 0 bridgehead atoms. The summed E-state index contributed by atoms with van der Waals surface area (Å²) in [4.78, 5) is 9.26. The van der Waals surface area contributed by atoms with Crippen molar-refractivity contribution in [2.45, 2.75) is 58.8 Å². The third-order valence-electron chi connectivity index (χ3n) is 4.07. The Bertz CT molecular complexity index is 636. The van der Waals surface area contributed by atoms with Crippen LogP contribution >= 0.6 is 11.3 Å². The Morgan fingerprint density at radius 3 is 2.58 bits per heavy atom. The number of thiophene rings is 1. The Labute approximate surface area is 149 Å². The number of anilines is 2. The molecule has 5 heteroatoms. The van der Waals surface area contributed by atoms with Crippen LogP contribution in [0.3, 0.4) is 0 Å². The molecule has 2 aromatic heterocycles. The molecule has 132 valence electrons. The van der Waals surface area contributed by atoms with Gasteiger partial charge >= 0.3 is 0 Å². The fourth-order valence-electron chi connectivity index (χ4n) is 2.68. The van der Waals surface area contributed by atoms with Crippen LogP contribution < -0.4 is 10.6 Å². The van der Waals surface area contributed by atoms with E-state index in [0.29, 0.717) is 12.5 Å². The quantitative estimate of drug-likeness (QED) is 0.379. The molecule has 0 saturated carbocycles. The first-order valence-corrected chi connectivity index (χ1v) is 9.98. The zero-order chi connectivity index (χ0) is 17.2. The minimum atomic E-state index is 0.672. The molecule has 2 aromatic rings. The molecule has 0 amide bonds. The van der Waals surface area contributed by atoms with Crippen LogP contribution in [0.4, 0.5) is 11.8 Å². The Hall–Kier alpha value is -1.62. The van der Waals surface area contributed by atoms with Crippen LogP contribution in [0.1, 0.15) is 57.4 Å². The molecular weight excluding hydrogens is 316 g/mol. The molecule has 2 N–H and O–H groups in total.